The summed E-state index contributed by atoms with van der Waals surface area (Å²) < 4.78 is 1.92. The lowest BCUT2D eigenvalue weighted by Gasteiger charge is -2.33. The highest BCUT2D eigenvalue weighted by atomic mass is 32.1. The zero-order chi connectivity index (χ0) is 16.7. The van der Waals surface area contributed by atoms with Crippen LogP contribution in [-0.4, -0.2) is 27.7 Å². The smallest absolute Gasteiger partial charge is 0.233 e. The van der Waals surface area contributed by atoms with Crippen LogP contribution in [0.4, 0.5) is 5.69 Å². The number of fused-ring (bicyclic) bond motifs is 2. The normalized spacial score (nSPS) is 17.0. The molecule has 0 bridgehead atoms. The van der Waals surface area contributed by atoms with Gasteiger partial charge in [0.05, 0.1) is 18.0 Å². The molecule has 0 saturated heterocycles. The first-order valence-electron chi connectivity index (χ1n) is 7.73. The van der Waals surface area contributed by atoms with E-state index >= 15 is 0 Å². The SMILES string of the molecule is NC(=O)C1CCN(C(=O)Cc2cn3ccsc3n2)c2ccccc21. The minimum Gasteiger partial charge on any atom is -0.369 e. The number of hydrogen-bond acceptors (Lipinski definition) is 4. The van der Waals surface area contributed by atoms with Crippen molar-refractivity contribution in [3.05, 3.63) is 53.3 Å². The van der Waals surface area contributed by atoms with Gasteiger partial charge in [0, 0.05) is 30.0 Å². The number of rotatable bonds is 3. The molecule has 0 spiro atoms. The van der Waals surface area contributed by atoms with E-state index in [-0.39, 0.29) is 24.2 Å². The average molecular weight is 340 g/mol. The van der Waals surface area contributed by atoms with E-state index < -0.39 is 0 Å². The zero-order valence-electron chi connectivity index (χ0n) is 12.9. The maximum atomic E-state index is 12.8. The number of carbonyl (C=O) groups excluding carboxylic acids is 2. The Morgan fingerprint density at radius 3 is 2.96 bits per heavy atom. The summed E-state index contributed by atoms with van der Waals surface area (Å²) in [5, 5.41) is 1.96. The van der Waals surface area contributed by atoms with Crippen LogP contribution in [0.25, 0.3) is 4.96 Å². The van der Waals surface area contributed by atoms with Gasteiger partial charge < -0.3 is 10.6 Å². The molecule has 2 amide bonds. The fraction of sp³-hybridized carbons (Fsp3) is 0.235. The molecule has 0 saturated carbocycles. The molecule has 0 aliphatic carbocycles. The summed E-state index contributed by atoms with van der Waals surface area (Å²) in [4.78, 5) is 31.5. The van der Waals surface area contributed by atoms with Crippen molar-refractivity contribution in [1.29, 1.82) is 0 Å². The van der Waals surface area contributed by atoms with E-state index in [0.717, 1.165) is 21.9 Å². The Morgan fingerprint density at radius 2 is 2.17 bits per heavy atom. The monoisotopic (exact) mass is 340 g/mol. The molecule has 0 fully saturated rings. The van der Waals surface area contributed by atoms with Gasteiger partial charge in [0.1, 0.15) is 0 Å². The number of carbonyl (C=O) groups is 2. The minimum atomic E-state index is -0.344. The number of primary amides is 1. The first-order chi connectivity index (χ1) is 11.6. The molecular weight excluding hydrogens is 324 g/mol. The molecule has 1 aliphatic rings. The second-order valence-corrected chi connectivity index (χ2v) is 6.72. The lowest BCUT2D eigenvalue weighted by atomic mass is 9.89. The average Bonchev–Trinajstić information content (AvgIpc) is 3.14. The Labute approximate surface area is 142 Å². The van der Waals surface area contributed by atoms with Crippen molar-refractivity contribution < 1.29 is 9.59 Å². The van der Waals surface area contributed by atoms with Crippen LogP contribution in [0.3, 0.4) is 0 Å². The molecule has 24 heavy (non-hydrogen) atoms. The molecule has 3 heterocycles. The second-order valence-electron chi connectivity index (χ2n) is 5.85. The predicted molar refractivity (Wildman–Crippen MR) is 92.1 cm³/mol. The number of anilines is 1. The van der Waals surface area contributed by atoms with Gasteiger partial charge in [-0.3, -0.25) is 14.0 Å². The van der Waals surface area contributed by atoms with Gasteiger partial charge in [0.25, 0.3) is 0 Å². The van der Waals surface area contributed by atoms with Gasteiger partial charge in [-0.2, -0.15) is 0 Å². The molecule has 4 rings (SSSR count). The molecule has 122 valence electrons. The topological polar surface area (TPSA) is 80.7 Å². The lowest BCUT2D eigenvalue weighted by molar-refractivity contribution is -0.121. The molecular formula is C17H16N4O2S. The third kappa shape index (κ3) is 2.46. The van der Waals surface area contributed by atoms with Gasteiger partial charge in [-0.05, 0) is 18.1 Å². The number of para-hydroxylation sites is 1. The number of imidazole rings is 1. The number of benzene rings is 1. The van der Waals surface area contributed by atoms with Gasteiger partial charge in [0.15, 0.2) is 4.96 Å². The summed E-state index contributed by atoms with van der Waals surface area (Å²) in [7, 11) is 0. The van der Waals surface area contributed by atoms with Crippen molar-refractivity contribution in [1.82, 2.24) is 9.38 Å². The Bertz CT molecular complexity index is 901. The van der Waals surface area contributed by atoms with Gasteiger partial charge in [0.2, 0.25) is 11.8 Å². The van der Waals surface area contributed by atoms with Gasteiger partial charge in [-0.1, -0.05) is 18.2 Å². The number of amides is 2. The van der Waals surface area contributed by atoms with Crippen LogP contribution in [0.2, 0.25) is 0 Å². The molecule has 2 aromatic heterocycles. The molecule has 3 aromatic rings. The van der Waals surface area contributed by atoms with E-state index in [1.54, 1.807) is 4.90 Å². The Morgan fingerprint density at radius 1 is 1.33 bits per heavy atom. The Balaban J connectivity index is 1.61. The summed E-state index contributed by atoms with van der Waals surface area (Å²) in [6.07, 6.45) is 4.60. The molecule has 0 radical (unpaired) electrons. The Kier molecular flexibility index (Phi) is 3.57. The van der Waals surface area contributed by atoms with Crippen LogP contribution >= 0.6 is 11.3 Å². The van der Waals surface area contributed by atoms with Crippen molar-refractivity contribution in [2.75, 3.05) is 11.4 Å². The van der Waals surface area contributed by atoms with Crippen molar-refractivity contribution in [3.63, 3.8) is 0 Å². The van der Waals surface area contributed by atoms with E-state index in [4.69, 9.17) is 5.73 Å². The molecule has 2 N–H and O–H groups in total. The van der Waals surface area contributed by atoms with Crippen LogP contribution in [0, 0.1) is 0 Å². The molecule has 6 nitrogen and oxygen atoms in total. The quantitative estimate of drug-likeness (QED) is 0.791. The number of hydrogen-bond donors (Lipinski definition) is 1. The highest BCUT2D eigenvalue weighted by Crippen LogP contribution is 2.35. The van der Waals surface area contributed by atoms with Gasteiger partial charge in [-0.25, -0.2) is 4.98 Å². The zero-order valence-corrected chi connectivity index (χ0v) is 13.7. The fourth-order valence-corrected chi connectivity index (χ4v) is 3.95. The second kappa shape index (κ2) is 5.76. The Hall–Kier alpha value is -2.67. The maximum absolute atomic E-state index is 12.8. The maximum Gasteiger partial charge on any atom is 0.233 e. The number of nitrogens with zero attached hydrogens (tertiary/aromatic N) is 3. The predicted octanol–water partition coefficient (Wildman–Crippen LogP) is 1.94. The third-order valence-electron chi connectivity index (χ3n) is 4.36. The third-order valence-corrected chi connectivity index (χ3v) is 5.14. The molecule has 7 heteroatoms. The molecule has 1 aliphatic heterocycles. The fourth-order valence-electron chi connectivity index (χ4n) is 3.23. The summed E-state index contributed by atoms with van der Waals surface area (Å²) in [5.74, 6) is -0.691. The standard InChI is InChI=1S/C17H16N4O2S/c18-16(23)13-5-6-21(14-4-2-1-3-12(13)14)15(22)9-11-10-20-7-8-24-17(20)19-11/h1-4,7-8,10,13H,5-6,9H2,(H2,18,23). The number of thiazole rings is 1. The van der Waals surface area contributed by atoms with Crippen LogP contribution in [0.1, 0.15) is 23.6 Å². The first kappa shape index (κ1) is 14.9. The molecule has 1 atom stereocenters. The highest BCUT2D eigenvalue weighted by Gasteiger charge is 2.31. The number of nitrogens with two attached hydrogens (primary N) is 1. The van der Waals surface area contributed by atoms with Crippen LogP contribution in [0.5, 0.6) is 0 Å². The van der Waals surface area contributed by atoms with Gasteiger partial charge in [-0.15, -0.1) is 11.3 Å². The molecule has 1 unspecified atom stereocenters. The first-order valence-corrected chi connectivity index (χ1v) is 8.61. The lowest BCUT2D eigenvalue weighted by Crippen LogP contribution is -2.40. The summed E-state index contributed by atoms with van der Waals surface area (Å²) in [5.41, 5.74) is 7.86. The van der Waals surface area contributed by atoms with E-state index in [1.165, 1.54) is 11.3 Å². The van der Waals surface area contributed by atoms with Crippen molar-refractivity contribution in [2.24, 2.45) is 5.73 Å². The highest BCUT2D eigenvalue weighted by molar-refractivity contribution is 7.15. The van der Waals surface area contributed by atoms with Crippen LogP contribution in [-0.2, 0) is 16.0 Å². The van der Waals surface area contributed by atoms with Crippen molar-refractivity contribution in [3.8, 4) is 0 Å². The molecule has 1 aromatic carbocycles. The van der Waals surface area contributed by atoms with E-state index in [2.05, 4.69) is 4.98 Å². The largest absolute Gasteiger partial charge is 0.369 e. The van der Waals surface area contributed by atoms with Gasteiger partial charge >= 0.3 is 0 Å². The summed E-state index contributed by atoms with van der Waals surface area (Å²) in [6, 6.07) is 7.48. The van der Waals surface area contributed by atoms with E-state index in [0.29, 0.717) is 13.0 Å². The van der Waals surface area contributed by atoms with E-state index in [1.807, 2.05) is 46.4 Å². The summed E-state index contributed by atoms with van der Waals surface area (Å²) >= 11 is 1.54. The van der Waals surface area contributed by atoms with Crippen molar-refractivity contribution in [2.45, 2.75) is 18.8 Å². The van der Waals surface area contributed by atoms with E-state index in [9.17, 15) is 9.59 Å². The van der Waals surface area contributed by atoms with Crippen molar-refractivity contribution >= 4 is 33.8 Å². The minimum absolute atomic E-state index is 0.0175. The number of aromatic nitrogens is 2. The van der Waals surface area contributed by atoms with Crippen LogP contribution in [0.15, 0.2) is 42.0 Å². The van der Waals surface area contributed by atoms with Crippen LogP contribution < -0.4 is 10.6 Å². The summed E-state index contributed by atoms with van der Waals surface area (Å²) in [6.45, 7) is 0.492.